The summed E-state index contributed by atoms with van der Waals surface area (Å²) in [5, 5.41) is 9.58. The van der Waals surface area contributed by atoms with Crippen molar-refractivity contribution >= 4 is 11.6 Å². The van der Waals surface area contributed by atoms with E-state index in [2.05, 4.69) is 0 Å². The second-order valence-corrected chi connectivity index (χ2v) is 4.79. The summed E-state index contributed by atoms with van der Waals surface area (Å²) in [5.74, 6) is 0. The molecule has 0 aliphatic rings. The molecule has 0 heterocycles. The van der Waals surface area contributed by atoms with Crippen LogP contribution in [0.4, 0.5) is 0 Å². The normalized spacial score (nSPS) is 13.2. The molecule has 0 fully saturated rings. The monoisotopic (exact) mass is 239 g/mol. The molecule has 3 nitrogen and oxygen atoms in total. The van der Waals surface area contributed by atoms with Gasteiger partial charge >= 0.3 is 0 Å². The molecule has 0 N–H and O–H groups in total. The molecule has 0 aliphatic carbocycles. The van der Waals surface area contributed by atoms with Crippen molar-refractivity contribution in [2.75, 3.05) is 0 Å². The zero-order valence-corrected chi connectivity index (χ0v) is 10.3. The van der Waals surface area contributed by atoms with Gasteiger partial charge in [-0.05, 0) is 38.5 Å². The summed E-state index contributed by atoms with van der Waals surface area (Å²) in [7, 11) is 0. The highest BCUT2D eigenvalue weighted by atomic mass is 35.5. The van der Waals surface area contributed by atoms with Gasteiger partial charge in [0.2, 0.25) is 6.10 Å². The Labute approximate surface area is 100 Å². The van der Waals surface area contributed by atoms with Crippen LogP contribution in [0.2, 0.25) is 5.02 Å². The van der Waals surface area contributed by atoms with Gasteiger partial charge in [0, 0.05) is 5.02 Å². The highest BCUT2D eigenvalue weighted by molar-refractivity contribution is 6.30. The maximum Gasteiger partial charge on any atom is 0.204 e. The summed E-state index contributed by atoms with van der Waals surface area (Å²) in [6, 6.07) is 8.92. The van der Waals surface area contributed by atoms with Crippen molar-refractivity contribution in [3.05, 3.63) is 34.9 Å². The summed E-state index contributed by atoms with van der Waals surface area (Å²) in [6.45, 7) is 5.55. The Hall–Kier alpha value is -1.08. The molecular weight excluding hydrogens is 226 g/mol. The number of rotatable bonds is 3. The summed E-state index contributed by atoms with van der Waals surface area (Å²) in [6.07, 6.45) is -0.739. The van der Waals surface area contributed by atoms with Crippen LogP contribution in [0, 0.1) is 11.3 Å². The smallest absolute Gasteiger partial charge is 0.204 e. The highest BCUT2D eigenvalue weighted by Crippen LogP contribution is 2.21. The van der Waals surface area contributed by atoms with Crippen LogP contribution >= 0.6 is 11.6 Å². The first-order chi connectivity index (χ1) is 7.42. The average molecular weight is 240 g/mol. The van der Waals surface area contributed by atoms with E-state index in [4.69, 9.17) is 26.6 Å². The second-order valence-electron chi connectivity index (χ2n) is 4.35. The maximum atomic E-state index is 8.96. The average Bonchev–Trinajstić information content (AvgIpc) is 2.20. The van der Waals surface area contributed by atoms with Crippen molar-refractivity contribution in [2.24, 2.45) is 0 Å². The number of hydrogen-bond donors (Lipinski definition) is 0. The van der Waals surface area contributed by atoms with Gasteiger partial charge in [0.1, 0.15) is 6.07 Å². The molecular formula is C12H14ClNO2. The molecule has 1 aromatic carbocycles. The number of nitriles is 1. The van der Waals surface area contributed by atoms with Crippen LogP contribution in [-0.2, 0) is 9.78 Å². The molecule has 0 amide bonds. The first-order valence-corrected chi connectivity index (χ1v) is 5.30. The van der Waals surface area contributed by atoms with Gasteiger partial charge in [-0.1, -0.05) is 23.7 Å². The first kappa shape index (κ1) is 13.0. The molecule has 1 atom stereocenters. The van der Waals surface area contributed by atoms with E-state index in [1.54, 1.807) is 24.3 Å². The number of halogens is 1. The third kappa shape index (κ3) is 4.19. The molecule has 0 spiro atoms. The third-order valence-electron chi connectivity index (χ3n) is 1.68. The van der Waals surface area contributed by atoms with E-state index in [0.717, 1.165) is 5.56 Å². The van der Waals surface area contributed by atoms with E-state index in [9.17, 15) is 0 Å². The zero-order chi connectivity index (χ0) is 12.2. The first-order valence-electron chi connectivity index (χ1n) is 4.92. The van der Waals surface area contributed by atoms with Crippen molar-refractivity contribution < 1.29 is 9.78 Å². The minimum atomic E-state index is -0.739. The molecule has 4 heteroatoms. The van der Waals surface area contributed by atoms with Gasteiger partial charge in [-0.3, -0.25) is 0 Å². The summed E-state index contributed by atoms with van der Waals surface area (Å²) in [4.78, 5) is 10.2. The van der Waals surface area contributed by atoms with E-state index in [1.807, 2.05) is 26.8 Å². The lowest BCUT2D eigenvalue weighted by molar-refractivity contribution is -0.365. The predicted molar refractivity (Wildman–Crippen MR) is 61.7 cm³/mol. The molecule has 0 bridgehead atoms. The highest BCUT2D eigenvalue weighted by Gasteiger charge is 2.18. The van der Waals surface area contributed by atoms with E-state index in [-0.39, 0.29) is 0 Å². The van der Waals surface area contributed by atoms with Crippen molar-refractivity contribution in [2.45, 2.75) is 32.5 Å². The lowest BCUT2D eigenvalue weighted by Crippen LogP contribution is -2.20. The fraction of sp³-hybridized carbons (Fsp3) is 0.417. The van der Waals surface area contributed by atoms with Crippen LogP contribution in [-0.4, -0.2) is 5.60 Å². The molecule has 16 heavy (non-hydrogen) atoms. The van der Waals surface area contributed by atoms with E-state index >= 15 is 0 Å². The van der Waals surface area contributed by atoms with Crippen LogP contribution < -0.4 is 0 Å². The van der Waals surface area contributed by atoms with Gasteiger partial charge in [-0.25, -0.2) is 9.78 Å². The lowest BCUT2D eigenvalue weighted by atomic mass is 10.1. The summed E-state index contributed by atoms with van der Waals surface area (Å²) < 4.78 is 0. The van der Waals surface area contributed by atoms with Gasteiger partial charge in [0.15, 0.2) is 0 Å². The largest absolute Gasteiger partial charge is 0.229 e. The standard InChI is InChI=1S/C12H14ClNO2/c1-12(2,3)16-15-11(8-14)9-4-6-10(13)7-5-9/h4-7,11H,1-3H3. The van der Waals surface area contributed by atoms with Crippen LogP contribution in [0.1, 0.15) is 32.4 Å². The number of benzene rings is 1. The predicted octanol–water partition coefficient (Wildman–Crippen LogP) is 3.65. The Bertz CT molecular complexity index is 375. The lowest BCUT2D eigenvalue weighted by Gasteiger charge is -2.20. The van der Waals surface area contributed by atoms with Crippen LogP contribution in [0.25, 0.3) is 0 Å². The Morgan fingerprint density at radius 3 is 2.25 bits per heavy atom. The van der Waals surface area contributed by atoms with Crippen molar-refractivity contribution in [3.63, 3.8) is 0 Å². The van der Waals surface area contributed by atoms with Gasteiger partial charge in [0.25, 0.3) is 0 Å². The summed E-state index contributed by atoms with van der Waals surface area (Å²) in [5.41, 5.74) is 0.276. The van der Waals surface area contributed by atoms with Gasteiger partial charge < -0.3 is 0 Å². The fourth-order valence-electron chi connectivity index (χ4n) is 0.982. The zero-order valence-electron chi connectivity index (χ0n) is 9.53. The SMILES string of the molecule is CC(C)(C)OOC(C#N)c1ccc(Cl)cc1. The molecule has 0 aliphatic heterocycles. The molecule has 1 aromatic rings. The Morgan fingerprint density at radius 1 is 1.25 bits per heavy atom. The summed E-state index contributed by atoms with van der Waals surface area (Å²) >= 11 is 5.75. The number of hydrogen-bond acceptors (Lipinski definition) is 3. The molecule has 1 rings (SSSR count). The van der Waals surface area contributed by atoms with Crippen molar-refractivity contribution in [3.8, 4) is 6.07 Å². The molecule has 0 radical (unpaired) electrons. The fourth-order valence-corrected chi connectivity index (χ4v) is 1.11. The van der Waals surface area contributed by atoms with E-state index in [1.165, 1.54) is 0 Å². The number of nitrogens with zero attached hydrogens (tertiary/aromatic N) is 1. The van der Waals surface area contributed by atoms with Crippen LogP contribution in [0.15, 0.2) is 24.3 Å². The van der Waals surface area contributed by atoms with Gasteiger partial charge in [-0.2, -0.15) is 5.26 Å². The minimum Gasteiger partial charge on any atom is -0.229 e. The van der Waals surface area contributed by atoms with Crippen molar-refractivity contribution in [1.82, 2.24) is 0 Å². The minimum absolute atomic E-state index is 0.443. The van der Waals surface area contributed by atoms with E-state index in [0.29, 0.717) is 5.02 Å². The maximum absolute atomic E-state index is 8.96. The molecule has 86 valence electrons. The van der Waals surface area contributed by atoms with Gasteiger partial charge in [-0.15, -0.1) is 0 Å². The van der Waals surface area contributed by atoms with E-state index < -0.39 is 11.7 Å². The Morgan fingerprint density at radius 2 is 1.81 bits per heavy atom. The Kier molecular flexibility index (Phi) is 4.31. The molecule has 0 saturated heterocycles. The topological polar surface area (TPSA) is 42.2 Å². The van der Waals surface area contributed by atoms with Gasteiger partial charge in [0.05, 0.1) is 5.60 Å². The Balaban J connectivity index is 2.69. The van der Waals surface area contributed by atoms with Crippen molar-refractivity contribution in [1.29, 1.82) is 5.26 Å². The molecule has 1 unspecified atom stereocenters. The van der Waals surface area contributed by atoms with Crippen LogP contribution in [0.5, 0.6) is 0 Å². The molecule has 0 aromatic heterocycles. The molecule has 0 saturated carbocycles. The third-order valence-corrected chi connectivity index (χ3v) is 1.94. The quantitative estimate of drug-likeness (QED) is 0.597. The van der Waals surface area contributed by atoms with Crippen LogP contribution in [0.3, 0.4) is 0 Å². The second kappa shape index (κ2) is 5.31.